The molecule has 1 saturated carbocycles. The van der Waals surface area contributed by atoms with Crippen LogP contribution in [0.15, 0.2) is 60.8 Å². The van der Waals surface area contributed by atoms with Gasteiger partial charge in [0.1, 0.15) is 28.9 Å². The van der Waals surface area contributed by atoms with Crippen molar-refractivity contribution >= 4 is 23.4 Å². The average Bonchev–Trinajstić information content (AvgIpc) is 3.60. The molecule has 0 atom stereocenters. The number of halogens is 3. The van der Waals surface area contributed by atoms with Crippen molar-refractivity contribution < 1.29 is 27.5 Å². The summed E-state index contributed by atoms with van der Waals surface area (Å²) in [7, 11) is 1.46. The summed E-state index contributed by atoms with van der Waals surface area (Å²) in [5.74, 6) is -2.29. The Bertz CT molecular complexity index is 1550. The number of rotatable bonds is 7. The van der Waals surface area contributed by atoms with Crippen LogP contribution in [0.1, 0.15) is 47.8 Å². The van der Waals surface area contributed by atoms with E-state index in [1.807, 2.05) is 0 Å². The van der Waals surface area contributed by atoms with Gasteiger partial charge in [0.05, 0.1) is 11.4 Å². The fraction of sp³-hybridized carbons (Fsp3) is 0.214. The first-order chi connectivity index (χ1) is 19.3. The molecule has 0 unspecified atom stereocenters. The lowest BCUT2D eigenvalue weighted by atomic mass is 10.0. The number of benzene rings is 2. The van der Waals surface area contributed by atoms with Gasteiger partial charge in [-0.1, -0.05) is 12.8 Å². The number of carbonyl (C=O) groups is 2. The fourth-order valence-corrected chi connectivity index (χ4v) is 4.56. The molecule has 1 fully saturated rings. The van der Waals surface area contributed by atoms with Crippen LogP contribution in [0.25, 0.3) is 5.69 Å². The molecule has 40 heavy (non-hydrogen) atoms. The van der Waals surface area contributed by atoms with Gasteiger partial charge in [-0.25, -0.2) is 22.6 Å². The summed E-state index contributed by atoms with van der Waals surface area (Å²) < 4.78 is 49.5. The van der Waals surface area contributed by atoms with Crippen LogP contribution in [0.5, 0.6) is 11.5 Å². The van der Waals surface area contributed by atoms with Crippen molar-refractivity contribution in [2.75, 3.05) is 17.7 Å². The van der Waals surface area contributed by atoms with Gasteiger partial charge in [-0.15, -0.1) is 0 Å². The van der Waals surface area contributed by atoms with Crippen LogP contribution in [0.4, 0.5) is 29.5 Å². The number of nitrogens with one attached hydrogen (secondary N) is 3. The molecule has 2 heterocycles. The molecule has 1 aliphatic carbocycles. The van der Waals surface area contributed by atoms with Crippen LogP contribution in [-0.2, 0) is 0 Å². The fourth-order valence-electron chi connectivity index (χ4n) is 4.56. The Kier molecular flexibility index (Phi) is 7.67. The zero-order valence-corrected chi connectivity index (χ0v) is 21.4. The number of hydrogen-bond acceptors (Lipinski definition) is 5. The first kappa shape index (κ1) is 26.7. The van der Waals surface area contributed by atoms with E-state index in [1.165, 1.54) is 42.2 Å². The van der Waals surface area contributed by atoms with Crippen LogP contribution in [0, 0.1) is 17.5 Å². The quantitative estimate of drug-likeness (QED) is 0.256. The van der Waals surface area contributed by atoms with Gasteiger partial charge in [-0.05, 0) is 43.2 Å². The molecule has 9 nitrogen and oxygen atoms in total. The molecular weight excluding hydrogens is 525 g/mol. The SMILES string of the molecule is CNC(=O)c1cc(Oc2ccc(NC(=O)Nc3cc(C4CCCC4)nn3-c3cc(F)cc(F)c3)cc2F)ccn1. The lowest BCUT2D eigenvalue weighted by Crippen LogP contribution is -2.21. The molecule has 0 bridgehead atoms. The minimum Gasteiger partial charge on any atom is -0.454 e. The van der Waals surface area contributed by atoms with E-state index in [0.29, 0.717) is 5.69 Å². The predicted octanol–water partition coefficient (Wildman–Crippen LogP) is 6.14. The van der Waals surface area contributed by atoms with E-state index in [1.54, 1.807) is 6.07 Å². The maximum Gasteiger partial charge on any atom is 0.324 e. The zero-order valence-electron chi connectivity index (χ0n) is 21.4. The Balaban J connectivity index is 1.32. The van der Waals surface area contributed by atoms with Crippen molar-refractivity contribution in [2.24, 2.45) is 0 Å². The van der Waals surface area contributed by atoms with E-state index in [-0.39, 0.29) is 40.3 Å². The highest BCUT2D eigenvalue weighted by Crippen LogP contribution is 2.35. The van der Waals surface area contributed by atoms with E-state index >= 15 is 0 Å². The molecule has 12 heteroatoms. The molecular formula is C28H25F3N6O3. The molecule has 5 rings (SSSR count). The van der Waals surface area contributed by atoms with Crippen molar-refractivity contribution in [3.63, 3.8) is 0 Å². The highest BCUT2D eigenvalue weighted by molar-refractivity contribution is 5.99. The molecule has 0 radical (unpaired) electrons. The summed E-state index contributed by atoms with van der Waals surface area (Å²) in [6.07, 6.45) is 5.33. The third-order valence-electron chi connectivity index (χ3n) is 6.44. The number of carbonyl (C=O) groups excluding carboxylic acids is 2. The minimum absolute atomic E-state index is 0.103. The number of nitrogens with zero attached hydrogens (tertiary/aromatic N) is 3. The van der Waals surface area contributed by atoms with Gasteiger partial charge >= 0.3 is 6.03 Å². The van der Waals surface area contributed by atoms with Crippen LogP contribution in [-0.4, -0.2) is 33.8 Å². The molecule has 1 aliphatic rings. The summed E-state index contributed by atoms with van der Waals surface area (Å²) >= 11 is 0. The van der Waals surface area contributed by atoms with E-state index in [0.717, 1.165) is 49.9 Å². The molecule has 3 amide bonds. The zero-order chi connectivity index (χ0) is 28.2. The number of hydrogen-bond donors (Lipinski definition) is 3. The summed E-state index contributed by atoms with van der Waals surface area (Å²) in [5.41, 5.74) is 1.05. The molecule has 2 aromatic heterocycles. The number of ether oxygens (including phenoxy) is 1. The Hall–Kier alpha value is -4.87. The molecule has 0 saturated heterocycles. The van der Waals surface area contributed by atoms with Crippen LogP contribution in [0.2, 0.25) is 0 Å². The smallest absolute Gasteiger partial charge is 0.324 e. The molecule has 0 spiro atoms. The highest BCUT2D eigenvalue weighted by Gasteiger charge is 2.23. The number of amides is 3. The monoisotopic (exact) mass is 550 g/mol. The lowest BCUT2D eigenvalue weighted by Gasteiger charge is -2.12. The molecule has 4 aromatic rings. The van der Waals surface area contributed by atoms with Crippen molar-refractivity contribution in [1.29, 1.82) is 0 Å². The van der Waals surface area contributed by atoms with Crippen LogP contribution < -0.4 is 20.7 Å². The first-order valence-electron chi connectivity index (χ1n) is 12.6. The number of urea groups is 1. The molecule has 0 aliphatic heterocycles. The molecule has 206 valence electrons. The Labute approximate surface area is 227 Å². The number of pyridine rings is 1. The summed E-state index contributed by atoms with van der Waals surface area (Å²) in [5, 5.41) is 12.2. The van der Waals surface area contributed by atoms with Crippen molar-refractivity contribution in [2.45, 2.75) is 31.6 Å². The van der Waals surface area contributed by atoms with Gasteiger partial charge < -0.3 is 15.4 Å². The van der Waals surface area contributed by atoms with E-state index < -0.39 is 29.4 Å². The Morgan fingerprint density at radius 3 is 2.40 bits per heavy atom. The Morgan fingerprint density at radius 1 is 0.950 bits per heavy atom. The highest BCUT2D eigenvalue weighted by atomic mass is 19.1. The van der Waals surface area contributed by atoms with Crippen molar-refractivity contribution in [3.05, 3.63) is 89.6 Å². The predicted molar refractivity (Wildman–Crippen MR) is 141 cm³/mol. The van der Waals surface area contributed by atoms with E-state index in [2.05, 4.69) is 26.0 Å². The summed E-state index contributed by atoms with van der Waals surface area (Å²) in [6, 6.07) is 10.6. The van der Waals surface area contributed by atoms with Crippen molar-refractivity contribution in [3.8, 4) is 17.2 Å². The lowest BCUT2D eigenvalue weighted by molar-refractivity contribution is 0.0957. The maximum atomic E-state index is 14.8. The normalized spacial score (nSPS) is 13.2. The van der Waals surface area contributed by atoms with Gasteiger partial charge in [-0.3, -0.25) is 15.1 Å². The second-order valence-corrected chi connectivity index (χ2v) is 9.26. The van der Waals surface area contributed by atoms with E-state index in [9.17, 15) is 22.8 Å². The van der Waals surface area contributed by atoms with Gasteiger partial charge in [0.25, 0.3) is 5.91 Å². The largest absolute Gasteiger partial charge is 0.454 e. The van der Waals surface area contributed by atoms with Crippen LogP contribution in [0.3, 0.4) is 0 Å². The average molecular weight is 551 g/mol. The topological polar surface area (TPSA) is 110 Å². The maximum absolute atomic E-state index is 14.8. The summed E-state index contributed by atoms with van der Waals surface area (Å²) in [6.45, 7) is 0. The third-order valence-corrected chi connectivity index (χ3v) is 6.44. The Morgan fingerprint density at radius 2 is 1.70 bits per heavy atom. The van der Waals surface area contributed by atoms with Crippen molar-refractivity contribution in [1.82, 2.24) is 20.1 Å². The second-order valence-electron chi connectivity index (χ2n) is 9.26. The van der Waals surface area contributed by atoms with Gasteiger partial charge in [0.2, 0.25) is 0 Å². The standard InChI is InChI=1S/C28H25F3N6O3/c1-32-27(38)24-14-21(8-9-33-24)40-25-7-6-19(13-22(25)31)34-28(39)35-26-15-23(16-4-2-3-5-16)36-37(26)20-11-17(29)10-18(30)12-20/h6-16H,2-5H2,1H3,(H,32,38)(H2,34,35,39). The van der Waals surface area contributed by atoms with Gasteiger partial charge in [0, 0.05) is 49.1 Å². The first-order valence-corrected chi connectivity index (χ1v) is 12.6. The minimum atomic E-state index is -0.780. The molecule has 2 aromatic carbocycles. The van der Waals surface area contributed by atoms with Gasteiger partial charge in [-0.2, -0.15) is 5.10 Å². The number of anilines is 2. The van der Waals surface area contributed by atoms with Crippen LogP contribution >= 0.6 is 0 Å². The third kappa shape index (κ3) is 6.06. The van der Waals surface area contributed by atoms with Gasteiger partial charge in [0.15, 0.2) is 11.6 Å². The molecule has 3 N–H and O–H groups in total. The second kappa shape index (κ2) is 11.5. The number of aromatic nitrogens is 3. The van der Waals surface area contributed by atoms with E-state index in [4.69, 9.17) is 4.74 Å². The summed E-state index contributed by atoms with van der Waals surface area (Å²) in [4.78, 5) is 28.5.